The number of amides is 1. The van der Waals surface area contributed by atoms with Crippen molar-refractivity contribution in [3.8, 4) is 0 Å². The summed E-state index contributed by atoms with van der Waals surface area (Å²) in [6, 6.07) is 0. The lowest BCUT2D eigenvalue weighted by atomic mass is 10.1. The molecule has 0 bridgehead atoms. The summed E-state index contributed by atoms with van der Waals surface area (Å²) < 4.78 is 38.0. The lowest BCUT2D eigenvalue weighted by molar-refractivity contribution is -0.148. The molecule has 2 rings (SSSR count). The van der Waals surface area contributed by atoms with Crippen LogP contribution in [0.5, 0.6) is 0 Å². The quantitative estimate of drug-likeness (QED) is 0.657. The van der Waals surface area contributed by atoms with Crippen LogP contribution in [0.1, 0.15) is 6.92 Å². The summed E-state index contributed by atoms with van der Waals surface area (Å²) in [4.78, 5) is 11.4. The number of morpholine rings is 2. The molecule has 8 nitrogen and oxygen atoms in total. The first-order chi connectivity index (χ1) is 8.86. The summed E-state index contributed by atoms with van der Waals surface area (Å²) in [6.45, 7) is 3.26. The second-order valence-corrected chi connectivity index (χ2v) is 6.72. The molecule has 0 saturated carbocycles. The number of primary amides is 1. The van der Waals surface area contributed by atoms with Gasteiger partial charge in [-0.1, -0.05) is 0 Å². The molecule has 110 valence electrons. The molecule has 2 N–H and O–H groups in total. The zero-order valence-corrected chi connectivity index (χ0v) is 11.7. The minimum atomic E-state index is -3.59. The molecule has 2 aliphatic rings. The van der Waals surface area contributed by atoms with Gasteiger partial charge in [-0.3, -0.25) is 4.79 Å². The van der Waals surface area contributed by atoms with Gasteiger partial charge in [0.15, 0.2) is 5.60 Å². The van der Waals surface area contributed by atoms with Crippen molar-refractivity contribution in [2.45, 2.75) is 12.5 Å². The van der Waals surface area contributed by atoms with Crippen LogP contribution in [0.15, 0.2) is 0 Å². The summed E-state index contributed by atoms with van der Waals surface area (Å²) in [5, 5.41) is 0. The van der Waals surface area contributed by atoms with Crippen LogP contribution in [0, 0.1) is 0 Å². The van der Waals surface area contributed by atoms with Gasteiger partial charge in [-0.05, 0) is 6.92 Å². The normalized spacial score (nSPS) is 31.2. The molecule has 0 aromatic heterocycles. The highest BCUT2D eigenvalue weighted by atomic mass is 32.2. The van der Waals surface area contributed by atoms with Gasteiger partial charge < -0.3 is 15.2 Å². The van der Waals surface area contributed by atoms with Crippen molar-refractivity contribution in [3.05, 3.63) is 0 Å². The maximum atomic E-state index is 12.4. The van der Waals surface area contributed by atoms with Gasteiger partial charge in [0, 0.05) is 19.6 Å². The third kappa shape index (κ3) is 2.90. The first-order valence-electron chi connectivity index (χ1n) is 6.13. The third-order valence-corrected chi connectivity index (χ3v) is 5.37. The van der Waals surface area contributed by atoms with Gasteiger partial charge in [0.2, 0.25) is 0 Å². The molecule has 2 heterocycles. The minimum absolute atomic E-state index is 0.0535. The van der Waals surface area contributed by atoms with E-state index in [0.29, 0.717) is 26.3 Å². The van der Waals surface area contributed by atoms with Crippen molar-refractivity contribution in [1.29, 1.82) is 0 Å². The molecular weight excluding hydrogens is 274 g/mol. The van der Waals surface area contributed by atoms with E-state index in [-0.39, 0.29) is 19.7 Å². The summed E-state index contributed by atoms with van der Waals surface area (Å²) >= 11 is 0. The van der Waals surface area contributed by atoms with Gasteiger partial charge in [-0.25, -0.2) is 0 Å². The van der Waals surface area contributed by atoms with E-state index in [1.807, 2.05) is 0 Å². The fraction of sp³-hybridized carbons (Fsp3) is 0.900. The van der Waals surface area contributed by atoms with E-state index >= 15 is 0 Å². The molecule has 2 aliphatic heterocycles. The molecule has 0 aromatic rings. The predicted molar refractivity (Wildman–Crippen MR) is 66.4 cm³/mol. The number of hydrogen-bond acceptors (Lipinski definition) is 5. The standard InChI is InChI=1S/C10H19N3O5S/c1-10(9(11)14)8-13(4-7-18-10)19(15,16)12-2-5-17-6-3-12/h2-8H2,1H3,(H2,11,14)/t10-/m0/s1. The van der Waals surface area contributed by atoms with Crippen LogP contribution < -0.4 is 5.73 Å². The SMILES string of the molecule is C[C@@]1(C(N)=O)CN(S(=O)(=O)N2CCOCC2)CCO1. The van der Waals surface area contributed by atoms with E-state index in [0.717, 1.165) is 0 Å². The molecule has 2 fully saturated rings. The summed E-state index contributed by atoms with van der Waals surface area (Å²) in [5.41, 5.74) is 4.00. The summed E-state index contributed by atoms with van der Waals surface area (Å²) in [6.07, 6.45) is 0. The number of rotatable bonds is 3. The highest BCUT2D eigenvalue weighted by molar-refractivity contribution is 7.86. The molecule has 2 saturated heterocycles. The first kappa shape index (κ1) is 14.7. The van der Waals surface area contributed by atoms with Crippen molar-refractivity contribution in [2.75, 3.05) is 46.0 Å². The monoisotopic (exact) mass is 293 g/mol. The average Bonchev–Trinajstić information content (AvgIpc) is 2.39. The van der Waals surface area contributed by atoms with Crippen LogP contribution >= 0.6 is 0 Å². The molecule has 9 heteroatoms. The largest absolute Gasteiger partial charge is 0.379 e. The predicted octanol–water partition coefficient (Wildman–Crippen LogP) is -1.86. The zero-order chi connectivity index (χ0) is 14.1. The minimum Gasteiger partial charge on any atom is -0.379 e. The Labute approximate surface area is 112 Å². The van der Waals surface area contributed by atoms with Gasteiger partial charge >= 0.3 is 0 Å². The second kappa shape index (κ2) is 5.33. The fourth-order valence-corrected chi connectivity index (χ4v) is 3.77. The molecule has 0 aromatic carbocycles. The summed E-state index contributed by atoms with van der Waals surface area (Å²) in [7, 11) is -3.59. The highest BCUT2D eigenvalue weighted by Gasteiger charge is 2.43. The Morgan fingerprint density at radius 2 is 1.74 bits per heavy atom. The lowest BCUT2D eigenvalue weighted by Crippen LogP contribution is -2.61. The Morgan fingerprint density at radius 3 is 2.32 bits per heavy atom. The van der Waals surface area contributed by atoms with Crippen LogP contribution in [0.2, 0.25) is 0 Å². The summed E-state index contributed by atoms with van der Waals surface area (Å²) in [5.74, 6) is -0.658. The Balaban J connectivity index is 2.14. The van der Waals surface area contributed by atoms with Crippen LogP contribution in [0.3, 0.4) is 0 Å². The molecule has 0 aliphatic carbocycles. The number of carbonyl (C=O) groups excluding carboxylic acids is 1. The van der Waals surface area contributed by atoms with Crippen LogP contribution in [-0.4, -0.2) is 74.5 Å². The van der Waals surface area contributed by atoms with Crippen molar-refractivity contribution < 1.29 is 22.7 Å². The number of ether oxygens (including phenoxy) is 2. The number of nitrogens with zero attached hydrogens (tertiary/aromatic N) is 2. The van der Waals surface area contributed by atoms with Gasteiger partial charge in [0.25, 0.3) is 16.1 Å². The van der Waals surface area contributed by atoms with Crippen molar-refractivity contribution in [1.82, 2.24) is 8.61 Å². The topological polar surface area (TPSA) is 102 Å². The van der Waals surface area contributed by atoms with E-state index in [9.17, 15) is 13.2 Å². The van der Waals surface area contributed by atoms with Crippen LogP contribution in [-0.2, 0) is 24.5 Å². The molecule has 0 radical (unpaired) electrons. The van der Waals surface area contributed by atoms with Gasteiger partial charge in [0.05, 0.1) is 26.4 Å². The van der Waals surface area contributed by atoms with Crippen LogP contribution in [0.25, 0.3) is 0 Å². The van der Waals surface area contributed by atoms with E-state index in [4.69, 9.17) is 15.2 Å². The maximum absolute atomic E-state index is 12.4. The average molecular weight is 293 g/mol. The molecule has 0 unspecified atom stereocenters. The smallest absolute Gasteiger partial charge is 0.282 e. The molecule has 1 amide bonds. The van der Waals surface area contributed by atoms with Gasteiger partial charge in [-0.15, -0.1) is 0 Å². The van der Waals surface area contributed by atoms with Crippen LogP contribution in [0.4, 0.5) is 0 Å². The number of nitrogens with two attached hydrogens (primary N) is 1. The third-order valence-electron chi connectivity index (χ3n) is 3.38. The van der Waals surface area contributed by atoms with Gasteiger partial charge in [-0.2, -0.15) is 17.0 Å². The van der Waals surface area contributed by atoms with E-state index in [1.54, 1.807) is 0 Å². The Bertz CT molecular complexity index is 448. The maximum Gasteiger partial charge on any atom is 0.282 e. The van der Waals surface area contributed by atoms with E-state index < -0.39 is 21.7 Å². The van der Waals surface area contributed by atoms with E-state index in [1.165, 1.54) is 15.5 Å². The second-order valence-electron chi connectivity index (χ2n) is 4.80. The van der Waals surface area contributed by atoms with Crippen molar-refractivity contribution in [3.63, 3.8) is 0 Å². The fourth-order valence-electron chi connectivity index (χ4n) is 2.12. The first-order valence-corrected chi connectivity index (χ1v) is 7.53. The molecular formula is C10H19N3O5S. The molecule has 0 spiro atoms. The number of carbonyl (C=O) groups is 1. The Morgan fingerprint density at radius 1 is 1.16 bits per heavy atom. The van der Waals surface area contributed by atoms with Crippen molar-refractivity contribution >= 4 is 16.1 Å². The zero-order valence-electron chi connectivity index (χ0n) is 10.9. The molecule has 19 heavy (non-hydrogen) atoms. The van der Waals surface area contributed by atoms with Gasteiger partial charge in [0.1, 0.15) is 0 Å². The Kier molecular flexibility index (Phi) is 4.11. The number of hydrogen-bond donors (Lipinski definition) is 1. The van der Waals surface area contributed by atoms with Crippen molar-refractivity contribution in [2.24, 2.45) is 5.73 Å². The van der Waals surface area contributed by atoms with E-state index in [2.05, 4.69) is 0 Å². The molecule has 1 atom stereocenters. The highest BCUT2D eigenvalue weighted by Crippen LogP contribution is 2.21. The Hall–Kier alpha value is -0.740. The lowest BCUT2D eigenvalue weighted by Gasteiger charge is -2.40.